The molecule has 1 aliphatic rings. The van der Waals surface area contributed by atoms with E-state index < -0.39 is 0 Å². The quantitative estimate of drug-likeness (QED) is 0.437. The van der Waals surface area contributed by atoms with E-state index in [2.05, 4.69) is 5.16 Å². The summed E-state index contributed by atoms with van der Waals surface area (Å²) < 4.78 is 12.6. The number of benzene rings is 1. The van der Waals surface area contributed by atoms with Crippen LogP contribution in [0.5, 0.6) is 0 Å². The maximum absolute atomic E-state index is 12.6. The van der Waals surface area contributed by atoms with Gasteiger partial charge in [0, 0.05) is 5.92 Å². The average Bonchev–Trinajstić information content (AvgIpc) is 2.98. The number of oxime groups is 1. The number of nitrogens with zero attached hydrogens (tertiary/aromatic N) is 1. The monoisotopic (exact) mass is 193 g/mol. The van der Waals surface area contributed by atoms with Crippen molar-refractivity contribution in [1.82, 2.24) is 0 Å². The van der Waals surface area contributed by atoms with Crippen LogP contribution in [0, 0.1) is 11.7 Å². The summed E-state index contributed by atoms with van der Waals surface area (Å²) in [7, 11) is 0. The summed E-state index contributed by atoms with van der Waals surface area (Å²) in [5.41, 5.74) is 1.89. The number of rotatable bonds is 2. The first-order valence-electron chi connectivity index (χ1n) is 4.66. The fourth-order valence-electron chi connectivity index (χ4n) is 1.81. The van der Waals surface area contributed by atoms with Gasteiger partial charge in [-0.1, -0.05) is 17.3 Å². The van der Waals surface area contributed by atoms with Crippen molar-refractivity contribution in [1.29, 1.82) is 0 Å². The van der Waals surface area contributed by atoms with Gasteiger partial charge in [-0.2, -0.15) is 0 Å². The molecule has 0 aliphatic heterocycles. The smallest absolute Gasteiger partial charge is 0.123 e. The second-order valence-corrected chi connectivity index (χ2v) is 3.74. The fourth-order valence-corrected chi connectivity index (χ4v) is 1.81. The minimum absolute atomic E-state index is 0.210. The third-order valence-electron chi connectivity index (χ3n) is 2.78. The van der Waals surface area contributed by atoms with Crippen molar-refractivity contribution < 1.29 is 9.60 Å². The van der Waals surface area contributed by atoms with Crippen molar-refractivity contribution in [3.05, 3.63) is 35.6 Å². The zero-order valence-electron chi connectivity index (χ0n) is 7.94. The van der Waals surface area contributed by atoms with Gasteiger partial charge >= 0.3 is 0 Å². The Hall–Kier alpha value is -1.38. The Kier molecular flexibility index (Phi) is 2.23. The van der Waals surface area contributed by atoms with Crippen LogP contribution in [-0.4, -0.2) is 10.9 Å². The molecule has 0 heterocycles. The van der Waals surface area contributed by atoms with Crippen molar-refractivity contribution in [3.63, 3.8) is 0 Å². The molecule has 0 spiro atoms. The van der Waals surface area contributed by atoms with Crippen LogP contribution in [0.1, 0.15) is 24.8 Å². The first kappa shape index (κ1) is 9.19. The molecule has 1 saturated carbocycles. The summed E-state index contributed by atoms with van der Waals surface area (Å²) in [5.74, 6) is 0.537. The molecule has 0 radical (unpaired) electrons. The highest BCUT2D eigenvalue weighted by Crippen LogP contribution is 2.48. The van der Waals surface area contributed by atoms with Crippen molar-refractivity contribution >= 4 is 5.71 Å². The molecule has 2 atom stereocenters. The van der Waals surface area contributed by atoms with Gasteiger partial charge in [0.2, 0.25) is 0 Å². The molecule has 1 N–H and O–H groups in total. The summed E-state index contributed by atoms with van der Waals surface area (Å²) in [5, 5.41) is 11.8. The maximum Gasteiger partial charge on any atom is 0.123 e. The molecule has 0 saturated heterocycles. The standard InChI is InChI=1S/C11H12FNO/c1-7(13-14)10-6-11(10)8-2-4-9(12)5-3-8/h2-5,10-11,14H,6H2,1H3/t10-,11+/m0/s1. The van der Waals surface area contributed by atoms with Crippen LogP contribution in [0.2, 0.25) is 0 Å². The van der Waals surface area contributed by atoms with E-state index in [9.17, 15) is 4.39 Å². The minimum atomic E-state index is -0.210. The molecule has 0 unspecified atom stereocenters. The molecule has 74 valence electrons. The molecule has 1 aromatic rings. The number of halogens is 1. The molecule has 1 aliphatic carbocycles. The Balaban J connectivity index is 2.10. The summed E-state index contributed by atoms with van der Waals surface area (Å²) in [4.78, 5) is 0. The van der Waals surface area contributed by atoms with Crippen LogP contribution in [0.3, 0.4) is 0 Å². The first-order valence-corrected chi connectivity index (χ1v) is 4.66. The lowest BCUT2D eigenvalue weighted by Gasteiger charge is -1.98. The zero-order chi connectivity index (χ0) is 10.1. The lowest BCUT2D eigenvalue weighted by atomic mass is 10.1. The Bertz CT molecular complexity index is 358. The van der Waals surface area contributed by atoms with Gasteiger partial charge in [0.25, 0.3) is 0 Å². The maximum atomic E-state index is 12.6. The minimum Gasteiger partial charge on any atom is -0.411 e. The third-order valence-corrected chi connectivity index (χ3v) is 2.78. The molecule has 0 aromatic heterocycles. The molecular weight excluding hydrogens is 181 g/mol. The largest absolute Gasteiger partial charge is 0.411 e. The zero-order valence-corrected chi connectivity index (χ0v) is 7.94. The molecule has 0 amide bonds. The SMILES string of the molecule is CC(=NO)[C@@H]1C[C@@H]1c1ccc(F)cc1. The van der Waals surface area contributed by atoms with E-state index in [1.54, 1.807) is 12.1 Å². The van der Waals surface area contributed by atoms with Gasteiger partial charge in [0.15, 0.2) is 0 Å². The van der Waals surface area contributed by atoms with Gasteiger partial charge < -0.3 is 5.21 Å². The molecule has 2 rings (SSSR count). The number of hydrogen-bond donors (Lipinski definition) is 1. The van der Waals surface area contributed by atoms with E-state index in [1.165, 1.54) is 12.1 Å². The van der Waals surface area contributed by atoms with Gasteiger partial charge in [0.05, 0.1) is 5.71 Å². The van der Waals surface area contributed by atoms with Gasteiger partial charge in [-0.25, -0.2) is 4.39 Å². The summed E-state index contributed by atoms with van der Waals surface area (Å²) >= 11 is 0. The van der Waals surface area contributed by atoms with Crippen LogP contribution in [0.15, 0.2) is 29.4 Å². The highest BCUT2D eigenvalue weighted by Gasteiger charge is 2.40. The second kappa shape index (κ2) is 3.40. The Morgan fingerprint density at radius 2 is 2.07 bits per heavy atom. The van der Waals surface area contributed by atoms with Crippen molar-refractivity contribution in [3.8, 4) is 0 Å². The molecule has 14 heavy (non-hydrogen) atoms. The van der Waals surface area contributed by atoms with Crippen LogP contribution < -0.4 is 0 Å². The fraction of sp³-hybridized carbons (Fsp3) is 0.364. The van der Waals surface area contributed by atoms with Crippen LogP contribution in [0.25, 0.3) is 0 Å². The molecule has 0 bridgehead atoms. The number of hydrogen-bond acceptors (Lipinski definition) is 2. The molecule has 1 aromatic carbocycles. The van der Waals surface area contributed by atoms with Crippen LogP contribution in [0.4, 0.5) is 4.39 Å². The van der Waals surface area contributed by atoms with E-state index in [0.717, 1.165) is 17.7 Å². The molecule has 2 nitrogen and oxygen atoms in total. The van der Waals surface area contributed by atoms with Gasteiger partial charge in [0.1, 0.15) is 5.82 Å². The Labute approximate surface area is 82.1 Å². The van der Waals surface area contributed by atoms with E-state index in [-0.39, 0.29) is 5.82 Å². The first-order chi connectivity index (χ1) is 6.72. The Morgan fingerprint density at radius 3 is 2.64 bits per heavy atom. The molecular formula is C11H12FNO. The molecule has 1 fully saturated rings. The summed E-state index contributed by atoms with van der Waals surface area (Å²) in [6.45, 7) is 1.81. The summed E-state index contributed by atoms with van der Waals surface area (Å²) in [6.07, 6.45) is 1.00. The van der Waals surface area contributed by atoms with Gasteiger partial charge in [-0.15, -0.1) is 0 Å². The topological polar surface area (TPSA) is 32.6 Å². The highest BCUT2D eigenvalue weighted by atomic mass is 19.1. The Morgan fingerprint density at radius 1 is 1.43 bits per heavy atom. The van der Waals surface area contributed by atoms with E-state index in [4.69, 9.17) is 5.21 Å². The third kappa shape index (κ3) is 1.62. The highest BCUT2D eigenvalue weighted by molar-refractivity contribution is 5.87. The predicted molar refractivity (Wildman–Crippen MR) is 52.1 cm³/mol. The van der Waals surface area contributed by atoms with E-state index in [1.807, 2.05) is 6.92 Å². The molecule has 3 heteroatoms. The predicted octanol–water partition coefficient (Wildman–Crippen LogP) is 2.78. The lowest BCUT2D eigenvalue weighted by Crippen LogP contribution is -1.96. The van der Waals surface area contributed by atoms with Crippen molar-refractivity contribution in [2.75, 3.05) is 0 Å². The van der Waals surface area contributed by atoms with Crippen LogP contribution >= 0.6 is 0 Å². The van der Waals surface area contributed by atoms with Crippen LogP contribution in [-0.2, 0) is 0 Å². The van der Waals surface area contributed by atoms with Crippen molar-refractivity contribution in [2.24, 2.45) is 11.1 Å². The van der Waals surface area contributed by atoms with Gasteiger partial charge in [-0.05, 0) is 37.0 Å². The van der Waals surface area contributed by atoms with E-state index in [0.29, 0.717) is 11.8 Å². The second-order valence-electron chi connectivity index (χ2n) is 3.74. The van der Waals surface area contributed by atoms with Crippen molar-refractivity contribution in [2.45, 2.75) is 19.3 Å². The average molecular weight is 193 g/mol. The normalized spacial score (nSPS) is 26.3. The lowest BCUT2D eigenvalue weighted by molar-refractivity contribution is 0.316. The van der Waals surface area contributed by atoms with E-state index >= 15 is 0 Å². The summed E-state index contributed by atoms with van der Waals surface area (Å²) in [6, 6.07) is 6.53. The van der Waals surface area contributed by atoms with Gasteiger partial charge in [-0.3, -0.25) is 0 Å².